The Morgan fingerprint density at radius 3 is 2.55 bits per heavy atom. The molecule has 0 amide bonds. The summed E-state index contributed by atoms with van der Waals surface area (Å²) in [6, 6.07) is 6.03. The lowest BCUT2D eigenvalue weighted by Gasteiger charge is -2.32. The number of hydrogen-bond acceptors (Lipinski definition) is 6. The number of sulfone groups is 1. The highest BCUT2D eigenvalue weighted by Gasteiger charge is 2.41. The molecule has 1 aliphatic carbocycles. The zero-order chi connectivity index (χ0) is 20.8. The summed E-state index contributed by atoms with van der Waals surface area (Å²) in [7, 11) is -2.57. The number of anilines is 1. The van der Waals surface area contributed by atoms with E-state index in [1.54, 1.807) is 25.1 Å². The fourth-order valence-corrected chi connectivity index (χ4v) is 6.28. The van der Waals surface area contributed by atoms with Gasteiger partial charge in [0, 0.05) is 6.54 Å². The number of benzene rings is 1. The second-order valence-corrected chi connectivity index (χ2v) is 9.84. The van der Waals surface area contributed by atoms with E-state index >= 15 is 0 Å². The first kappa shape index (κ1) is 20.2. The van der Waals surface area contributed by atoms with Crippen molar-refractivity contribution in [2.45, 2.75) is 60.9 Å². The van der Waals surface area contributed by atoms with Gasteiger partial charge in [0.25, 0.3) is 0 Å². The van der Waals surface area contributed by atoms with Gasteiger partial charge >= 0.3 is 5.97 Å². The number of methoxy groups -OCH3 is 1. The average molecular weight is 438 g/mol. The van der Waals surface area contributed by atoms with E-state index in [1.807, 2.05) is 9.58 Å². The number of carbonyl (C=O) groups excluding carboxylic acids is 1. The SMILES string of the molecule is COC(=O)C1CCCN1c1c(S(=O)(=O)c2ccccc2Cl)c(C)nn1C1CCC1. The van der Waals surface area contributed by atoms with Crippen molar-refractivity contribution >= 4 is 33.2 Å². The van der Waals surface area contributed by atoms with Crippen LogP contribution >= 0.6 is 11.6 Å². The van der Waals surface area contributed by atoms with Crippen LogP contribution in [0.5, 0.6) is 0 Å². The van der Waals surface area contributed by atoms with Crippen LogP contribution in [0, 0.1) is 6.92 Å². The third-order valence-electron chi connectivity index (χ3n) is 5.82. The van der Waals surface area contributed by atoms with Crippen molar-refractivity contribution in [2.24, 2.45) is 0 Å². The number of rotatable bonds is 5. The Labute approximate surface area is 175 Å². The Morgan fingerprint density at radius 2 is 1.93 bits per heavy atom. The number of halogens is 1. The van der Waals surface area contributed by atoms with Crippen LogP contribution in [-0.2, 0) is 19.4 Å². The third kappa shape index (κ3) is 3.32. The molecular weight excluding hydrogens is 414 g/mol. The Kier molecular flexibility index (Phi) is 5.33. The van der Waals surface area contributed by atoms with Crippen molar-refractivity contribution in [3.8, 4) is 0 Å². The predicted molar refractivity (Wildman–Crippen MR) is 109 cm³/mol. The van der Waals surface area contributed by atoms with Gasteiger partial charge in [-0.1, -0.05) is 23.7 Å². The van der Waals surface area contributed by atoms with Crippen molar-refractivity contribution in [1.29, 1.82) is 0 Å². The minimum Gasteiger partial charge on any atom is -0.467 e. The van der Waals surface area contributed by atoms with Gasteiger partial charge in [-0.15, -0.1) is 0 Å². The van der Waals surface area contributed by atoms with Gasteiger partial charge in [-0.25, -0.2) is 17.9 Å². The molecule has 1 aliphatic heterocycles. The number of aryl methyl sites for hydroxylation is 1. The molecule has 0 radical (unpaired) electrons. The fourth-order valence-electron chi connectivity index (χ4n) is 4.16. The molecule has 9 heteroatoms. The summed E-state index contributed by atoms with van der Waals surface area (Å²) in [6.07, 6.45) is 4.36. The molecule has 1 atom stereocenters. The molecule has 2 heterocycles. The average Bonchev–Trinajstić information content (AvgIpc) is 3.24. The Bertz CT molecular complexity index is 1050. The Hall–Kier alpha value is -2.06. The number of nitrogens with zero attached hydrogens (tertiary/aromatic N) is 3. The van der Waals surface area contributed by atoms with Gasteiger partial charge in [-0.05, 0) is 51.2 Å². The first-order valence-corrected chi connectivity index (χ1v) is 11.7. The largest absolute Gasteiger partial charge is 0.467 e. The van der Waals surface area contributed by atoms with Gasteiger partial charge in [0.1, 0.15) is 16.8 Å². The second-order valence-electron chi connectivity index (χ2n) is 7.58. The molecule has 0 N–H and O–H groups in total. The maximum absolute atomic E-state index is 13.7. The molecule has 1 aromatic carbocycles. The van der Waals surface area contributed by atoms with E-state index in [0.717, 1.165) is 25.7 Å². The van der Waals surface area contributed by atoms with E-state index in [-0.39, 0.29) is 26.8 Å². The Balaban J connectivity index is 1.92. The maximum atomic E-state index is 13.7. The van der Waals surface area contributed by atoms with Gasteiger partial charge in [0.2, 0.25) is 9.84 Å². The molecule has 2 aliphatic rings. The van der Waals surface area contributed by atoms with Gasteiger partial charge < -0.3 is 9.64 Å². The zero-order valence-electron chi connectivity index (χ0n) is 16.5. The summed E-state index contributed by atoms with van der Waals surface area (Å²) in [5.74, 6) is 0.127. The fraction of sp³-hybridized carbons (Fsp3) is 0.500. The first-order valence-electron chi connectivity index (χ1n) is 9.79. The van der Waals surface area contributed by atoms with Gasteiger partial charge in [0.05, 0.1) is 28.8 Å². The van der Waals surface area contributed by atoms with Gasteiger partial charge in [-0.2, -0.15) is 5.10 Å². The summed E-state index contributed by atoms with van der Waals surface area (Å²) in [4.78, 5) is 14.4. The number of carbonyl (C=O) groups is 1. The van der Waals surface area contributed by atoms with Crippen LogP contribution in [0.3, 0.4) is 0 Å². The van der Waals surface area contributed by atoms with Crippen molar-refractivity contribution in [2.75, 3.05) is 18.6 Å². The molecule has 0 bridgehead atoms. The summed E-state index contributed by atoms with van der Waals surface area (Å²) < 4.78 is 34.1. The monoisotopic (exact) mass is 437 g/mol. The van der Waals surface area contributed by atoms with Crippen LogP contribution in [-0.4, -0.2) is 43.9 Å². The van der Waals surface area contributed by atoms with Crippen LogP contribution in [0.15, 0.2) is 34.1 Å². The van der Waals surface area contributed by atoms with Crippen molar-refractivity contribution < 1.29 is 17.9 Å². The second kappa shape index (κ2) is 7.65. The molecule has 1 saturated heterocycles. The summed E-state index contributed by atoms with van der Waals surface area (Å²) >= 11 is 6.24. The van der Waals surface area contributed by atoms with Gasteiger partial charge in [0.15, 0.2) is 0 Å². The molecule has 4 rings (SSSR count). The Morgan fingerprint density at radius 1 is 1.21 bits per heavy atom. The number of ether oxygens (including phenoxy) is 1. The van der Waals surface area contributed by atoms with E-state index in [1.165, 1.54) is 13.2 Å². The highest BCUT2D eigenvalue weighted by atomic mass is 35.5. The zero-order valence-corrected chi connectivity index (χ0v) is 18.0. The molecule has 1 saturated carbocycles. The number of esters is 1. The molecule has 2 aromatic rings. The lowest BCUT2D eigenvalue weighted by Crippen LogP contribution is -2.39. The molecular formula is C20H24ClN3O4S. The van der Waals surface area contributed by atoms with Crippen molar-refractivity contribution in [3.63, 3.8) is 0 Å². The summed E-state index contributed by atoms with van der Waals surface area (Å²) in [6.45, 7) is 2.27. The molecule has 29 heavy (non-hydrogen) atoms. The van der Waals surface area contributed by atoms with E-state index in [2.05, 4.69) is 5.10 Å². The molecule has 1 unspecified atom stereocenters. The quantitative estimate of drug-likeness (QED) is 0.665. The minimum absolute atomic E-state index is 0.0491. The van der Waals surface area contributed by atoms with Crippen LogP contribution in [0.2, 0.25) is 5.02 Å². The predicted octanol–water partition coefficient (Wildman–Crippen LogP) is 3.54. The van der Waals surface area contributed by atoms with E-state index in [9.17, 15) is 13.2 Å². The van der Waals surface area contributed by atoms with Crippen LogP contribution in [0.25, 0.3) is 0 Å². The number of hydrogen-bond donors (Lipinski definition) is 0. The van der Waals surface area contributed by atoms with Crippen LogP contribution in [0.1, 0.15) is 43.8 Å². The molecule has 7 nitrogen and oxygen atoms in total. The molecule has 2 fully saturated rings. The van der Waals surface area contributed by atoms with E-state index in [4.69, 9.17) is 16.3 Å². The molecule has 1 aromatic heterocycles. The van der Waals surface area contributed by atoms with Gasteiger partial charge in [-0.3, -0.25) is 0 Å². The van der Waals surface area contributed by atoms with Crippen molar-refractivity contribution in [3.05, 3.63) is 35.0 Å². The molecule has 0 spiro atoms. The van der Waals surface area contributed by atoms with E-state index in [0.29, 0.717) is 24.5 Å². The van der Waals surface area contributed by atoms with E-state index < -0.39 is 15.9 Å². The highest BCUT2D eigenvalue weighted by Crippen LogP contribution is 2.43. The lowest BCUT2D eigenvalue weighted by atomic mass is 9.93. The first-order chi connectivity index (χ1) is 13.9. The normalized spacial score (nSPS) is 20.0. The highest BCUT2D eigenvalue weighted by molar-refractivity contribution is 7.91. The van der Waals surface area contributed by atoms with Crippen molar-refractivity contribution in [1.82, 2.24) is 9.78 Å². The van der Waals surface area contributed by atoms with Crippen LogP contribution < -0.4 is 4.90 Å². The minimum atomic E-state index is -3.93. The smallest absolute Gasteiger partial charge is 0.328 e. The maximum Gasteiger partial charge on any atom is 0.328 e. The lowest BCUT2D eigenvalue weighted by molar-refractivity contribution is -0.141. The number of aromatic nitrogens is 2. The molecule has 156 valence electrons. The third-order valence-corrected chi connectivity index (χ3v) is 8.21. The summed E-state index contributed by atoms with van der Waals surface area (Å²) in [5, 5.41) is 4.79. The topological polar surface area (TPSA) is 81.5 Å². The summed E-state index contributed by atoms with van der Waals surface area (Å²) in [5.41, 5.74) is 0.419. The van der Waals surface area contributed by atoms with Crippen LogP contribution in [0.4, 0.5) is 5.82 Å². The standard InChI is InChI=1S/C20H24ClN3O4S/c1-13-18(29(26,27)17-11-4-3-9-15(17)21)19(24(22-13)14-7-5-8-14)23-12-6-10-16(23)20(25)28-2/h3-4,9,11,14,16H,5-8,10,12H2,1-2H3.